The molecular weight excluding hydrogens is 402 g/mol. The first kappa shape index (κ1) is 20.6. The van der Waals surface area contributed by atoms with Gasteiger partial charge in [-0.3, -0.25) is 0 Å². The van der Waals surface area contributed by atoms with Crippen molar-refractivity contribution in [3.8, 4) is 0 Å². The zero-order chi connectivity index (χ0) is 21.4. The number of carbonyl (C=O) groups excluding carboxylic acids is 1. The number of nitrogens with zero attached hydrogens (tertiary/aromatic N) is 1. The zero-order valence-corrected chi connectivity index (χ0v) is 17.9. The summed E-state index contributed by atoms with van der Waals surface area (Å²) in [7, 11) is -2.50. The molecule has 2 aliphatic rings. The van der Waals surface area contributed by atoms with Gasteiger partial charge in [0.2, 0.25) is 15.8 Å². The van der Waals surface area contributed by atoms with Gasteiger partial charge in [-0.25, -0.2) is 13.2 Å². The second-order valence-corrected chi connectivity index (χ2v) is 9.65. The van der Waals surface area contributed by atoms with Crippen LogP contribution in [-0.2, 0) is 24.3 Å². The van der Waals surface area contributed by atoms with Crippen LogP contribution in [0.15, 0.2) is 71.3 Å². The quantitative estimate of drug-likeness (QED) is 0.695. The predicted molar refractivity (Wildman–Crippen MR) is 112 cm³/mol. The fraction of sp³-hybridized carbons (Fsp3) is 0.348. The molecule has 2 aliphatic heterocycles. The Bertz CT molecular complexity index is 1060. The minimum atomic E-state index is -3.80. The highest BCUT2D eigenvalue weighted by Gasteiger charge is 2.53. The largest absolute Gasteiger partial charge is 0.464 e. The van der Waals surface area contributed by atoms with E-state index in [-0.39, 0.29) is 16.6 Å². The van der Waals surface area contributed by atoms with E-state index >= 15 is 0 Å². The Morgan fingerprint density at radius 2 is 1.83 bits per heavy atom. The molecule has 0 saturated carbocycles. The van der Waals surface area contributed by atoms with Gasteiger partial charge in [-0.15, -0.1) is 0 Å². The molecule has 4 rings (SSSR count). The molecule has 0 aliphatic carbocycles. The van der Waals surface area contributed by atoms with Crippen LogP contribution >= 0.6 is 0 Å². The topological polar surface area (TPSA) is 72.9 Å². The van der Waals surface area contributed by atoms with Crippen LogP contribution in [0.3, 0.4) is 0 Å². The van der Waals surface area contributed by atoms with E-state index in [0.717, 1.165) is 11.1 Å². The number of benzene rings is 2. The van der Waals surface area contributed by atoms with Crippen LogP contribution in [0.2, 0.25) is 0 Å². The van der Waals surface area contributed by atoms with E-state index < -0.39 is 21.7 Å². The van der Waals surface area contributed by atoms with E-state index in [1.54, 1.807) is 30.3 Å². The van der Waals surface area contributed by atoms with Gasteiger partial charge in [-0.1, -0.05) is 48.0 Å². The van der Waals surface area contributed by atoms with E-state index in [1.807, 2.05) is 37.3 Å². The highest BCUT2D eigenvalue weighted by molar-refractivity contribution is 7.89. The monoisotopic (exact) mass is 427 g/mol. The normalized spacial score (nSPS) is 24.3. The van der Waals surface area contributed by atoms with Crippen molar-refractivity contribution in [2.75, 3.05) is 13.7 Å². The molecule has 0 unspecified atom stereocenters. The van der Waals surface area contributed by atoms with E-state index in [9.17, 15) is 13.2 Å². The first-order chi connectivity index (χ1) is 14.4. The maximum absolute atomic E-state index is 13.5. The summed E-state index contributed by atoms with van der Waals surface area (Å²) in [5.74, 6) is -0.707. The lowest BCUT2D eigenvalue weighted by Gasteiger charge is -2.42. The minimum absolute atomic E-state index is 0.0589. The van der Waals surface area contributed by atoms with Gasteiger partial charge < -0.3 is 9.47 Å². The smallest absolute Gasteiger partial charge is 0.373 e. The third-order valence-electron chi connectivity index (χ3n) is 5.80. The van der Waals surface area contributed by atoms with Gasteiger partial charge in [0.1, 0.15) is 0 Å². The lowest BCUT2D eigenvalue weighted by molar-refractivity contribution is -0.151. The number of hydrogen-bond acceptors (Lipinski definition) is 5. The lowest BCUT2D eigenvalue weighted by atomic mass is 9.87. The van der Waals surface area contributed by atoms with Crippen LogP contribution in [0.1, 0.15) is 36.3 Å². The Labute approximate surface area is 177 Å². The molecule has 1 spiro atoms. The number of sulfonamides is 1. The van der Waals surface area contributed by atoms with Crippen LogP contribution in [0.5, 0.6) is 0 Å². The van der Waals surface area contributed by atoms with Crippen molar-refractivity contribution in [3.05, 3.63) is 77.6 Å². The van der Waals surface area contributed by atoms with Crippen molar-refractivity contribution >= 4 is 16.0 Å². The molecular formula is C23H25NO5S. The molecule has 2 aromatic carbocycles. The Kier molecular flexibility index (Phi) is 5.42. The standard InChI is InChI=1S/C23H25NO5S/c1-17-9-11-20(12-10-17)30(26,27)24-14-6-13-23(24)16-19(18-7-4-3-5-8-18)15-21(29-23)22(25)28-2/h3-5,7-12,15,19H,6,13-14,16H2,1-2H3/t19-,23-/m0/s1. The predicted octanol–water partition coefficient (Wildman–Crippen LogP) is 3.74. The molecule has 0 bridgehead atoms. The highest BCUT2D eigenvalue weighted by Crippen LogP contribution is 2.47. The van der Waals surface area contributed by atoms with E-state index in [1.165, 1.54) is 11.4 Å². The van der Waals surface area contributed by atoms with Crippen molar-refractivity contribution < 1.29 is 22.7 Å². The molecule has 6 nitrogen and oxygen atoms in total. The van der Waals surface area contributed by atoms with Crippen LogP contribution in [0.25, 0.3) is 0 Å². The van der Waals surface area contributed by atoms with E-state index in [2.05, 4.69) is 0 Å². The van der Waals surface area contributed by atoms with Gasteiger partial charge in [0, 0.05) is 25.3 Å². The Morgan fingerprint density at radius 3 is 2.50 bits per heavy atom. The van der Waals surface area contributed by atoms with Crippen molar-refractivity contribution in [2.24, 2.45) is 0 Å². The Morgan fingerprint density at radius 1 is 1.13 bits per heavy atom. The third kappa shape index (κ3) is 3.63. The maximum atomic E-state index is 13.5. The van der Waals surface area contributed by atoms with Crippen LogP contribution in [0.4, 0.5) is 0 Å². The molecule has 0 radical (unpaired) electrons. The van der Waals surface area contributed by atoms with Gasteiger partial charge in [0.25, 0.3) is 0 Å². The molecule has 0 aromatic heterocycles. The number of ether oxygens (including phenoxy) is 2. The van der Waals surface area contributed by atoms with Gasteiger partial charge in [-0.2, -0.15) is 4.31 Å². The fourth-order valence-electron chi connectivity index (χ4n) is 4.30. The molecule has 1 fully saturated rings. The van der Waals surface area contributed by atoms with Gasteiger partial charge in [0.05, 0.1) is 12.0 Å². The van der Waals surface area contributed by atoms with E-state index in [4.69, 9.17) is 9.47 Å². The SMILES string of the molecule is COC(=O)C1=C[C@H](c2ccccc2)C[C@]2(CCCN2S(=O)(=O)c2ccc(C)cc2)O1. The average Bonchev–Trinajstić information content (AvgIpc) is 3.16. The van der Waals surface area contributed by atoms with Crippen LogP contribution in [0, 0.1) is 6.92 Å². The highest BCUT2D eigenvalue weighted by atomic mass is 32.2. The second kappa shape index (κ2) is 7.89. The molecule has 1 saturated heterocycles. The first-order valence-electron chi connectivity index (χ1n) is 9.99. The summed E-state index contributed by atoms with van der Waals surface area (Å²) < 4.78 is 39.5. The van der Waals surface area contributed by atoms with Crippen LogP contribution < -0.4 is 0 Å². The number of methoxy groups -OCH3 is 1. The fourth-order valence-corrected chi connectivity index (χ4v) is 6.05. The molecule has 30 heavy (non-hydrogen) atoms. The zero-order valence-electron chi connectivity index (χ0n) is 17.1. The summed E-state index contributed by atoms with van der Waals surface area (Å²) in [5, 5.41) is 0. The summed E-state index contributed by atoms with van der Waals surface area (Å²) in [4.78, 5) is 12.6. The molecule has 0 N–H and O–H groups in total. The van der Waals surface area contributed by atoms with Crippen molar-refractivity contribution in [3.63, 3.8) is 0 Å². The summed E-state index contributed by atoms with van der Waals surface area (Å²) in [5.41, 5.74) is 0.864. The number of carbonyl (C=O) groups is 1. The van der Waals surface area contributed by atoms with Crippen molar-refractivity contribution in [1.82, 2.24) is 4.31 Å². The average molecular weight is 428 g/mol. The van der Waals surface area contributed by atoms with Gasteiger partial charge in [-0.05, 0) is 37.1 Å². The second-order valence-electron chi connectivity index (χ2n) is 7.79. The lowest BCUT2D eigenvalue weighted by Crippen LogP contribution is -2.51. The third-order valence-corrected chi connectivity index (χ3v) is 7.76. The Balaban J connectivity index is 1.76. The maximum Gasteiger partial charge on any atom is 0.373 e. The molecule has 0 amide bonds. The summed E-state index contributed by atoms with van der Waals surface area (Å²) >= 11 is 0. The van der Waals surface area contributed by atoms with Gasteiger partial charge in [0.15, 0.2) is 5.72 Å². The number of rotatable bonds is 4. The molecule has 2 aromatic rings. The molecule has 2 heterocycles. The Hall–Kier alpha value is -2.64. The number of allylic oxidation sites excluding steroid dienone is 1. The summed E-state index contributed by atoms with van der Waals surface area (Å²) in [6.45, 7) is 2.25. The first-order valence-corrected chi connectivity index (χ1v) is 11.4. The van der Waals surface area contributed by atoms with Crippen molar-refractivity contribution in [2.45, 2.75) is 42.7 Å². The molecule has 158 valence electrons. The molecule has 7 heteroatoms. The number of aryl methyl sites for hydroxylation is 1. The number of hydrogen-bond donors (Lipinski definition) is 0. The van der Waals surface area contributed by atoms with Crippen molar-refractivity contribution in [1.29, 1.82) is 0 Å². The van der Waals surface area contributed by atoms with Crippen LogP contribution in [-0.4, -0.2) is 38.1 Å². The van der Waals surface area contributed by atoms with Gasteiger partial charge >= 0.3 is 5.97 Å². The summed E-state index contributed by atoms with van der Waals surface area (Å²) in [6.07, 6.45) is 3.33. The minimum Gasteiger partial charge on any atom is -0.464 e. The number of esters is 1. The molecule has 2 atom stereocenters. The van der Waals surface area contributed by atoms with E-state index in [0.29, 0.717) is 25.8 Å². The summed E-state index contributed by atoms with van der Waals surface area (Å²) in [6, 6.07) is 16.5.